The van der Waals surface area contributed by atoms with Crippen molar-refractivity contribution in [1.29, 1.82) is 0 Å². The molecule has 1 saturated heterocycles. The normalized spacial score (nSPS) is 16.4. The summed E-state index contributed by atoms with van der Waals surface area (Å²) in [5.41, 5.74) is 1.43. The van der Waals surface area contributed by atoms with Crippen LogP contribution in [0.15, 0.2) is 48.5 Å². The largest absolute Gasteiger partial charge is 0.488 e. The van der Waals surface area contributed by atoms with Crippen molar-refractivity contribution >= 4 is 17.5 Å². The van der Waals surface area contributed by atoms with Gasteiger partial charge in [0.05, 0.1) is 11.7 Å². The van der Waals surface area contributed by atoms with Gasteiger partial charge < -0.3 is 20.1 Å². The maximum atomic E-state index is 12.6. The van der Waals surface area contributed by atoms with E-state index in [1.807, 2.05) is 30.3 Å². The Labute approximate surface area is 177 Å². The summed E-state index contributed by atoms with van der Waals surface area (Å²) in [5, 5.41) is 13.8. The van der Waals surface area contributed by atoms with Crippen LogP contribution in [0.4, 0.5) is 0 Å². The molecule has 2 aromatic rings. The number of benzene rings is 2. The minimum absolute atomic E-state index is 0.219. The van der Waals surface area contributed by atoms with Crippen LogP contribution in [0.5, 0.6) is 5.75 Å². The van der Waals surface area contributed by atoms with Crippen LogP contribution < -0.4 is 10.1 Å². The predicted molar refractivity (Wildman–Crippen MR) is 115 cm³/mol. The van der Waals surface area contributed by atoms with Crippen LogP contribution in [0, 0.1) is 5.92 Å². The van der Waals surface area contributed by atoms with Crippen LogP contribution >= 0.6 is 11.6 Å². The van der Waals surface area contributed by atoms with E-state index >= 15 is 0 Å². The number of piperidine rings is 1. The first kappa shape index (κ1) is 21.6. The molecule has 3 rings (SSSR count). The fourth-order valence-electron chi connectivity index (χ4n) is 3.43. The first-order chi connectivity index (χ1) is 14.0. The maximum absolute atomic E-state index is 12.6. The number of carbonyl (C=O) groups is 1. The molecule has 0 spiro atoms. The molecule has 1 aliphatic heterocycles. The smallest absolute Gasteiger partial charge is 0.255 e. The molecule has 29 heavy (non-hydrogen) atoms. The quantitative estimate of drug-likeness (QED) is 0.688. The lowest BCUT2D eigenvalue weighted by atomic mass is 9.99. The van der Waals surface area contributed by atoms with Gasteiger partial charge in [-0.25, -0.2) is 0 Å². The van der Waals surface area contributed by atoms with Gasteiger partial charge in [0.25, 0.3) is 5.91 Å². The Morgan fingerprint density at radius 3 is 2.62 bits per heavy atom. The minimum Gasteiger partial charge on any atom is -0.488 e. The highest BCUT2D eigenvalue weighted by atomic mass is 35.5. The van der Waals surface area contributed by atoms with Gasteiger partial charge in [-0.3, -0.25) is 4.79 Å². The minimum atomic E-state index is -0.588. The van der Waals surface area contributed by atoms with E-state index in [1.165, 1.54) is 0 Å². The van der Waals surface area contributed by atoms with E-state index in [-0.39, 0.29) is 12.5 Å². The van der Waals surface area contributed by atoms with Gasteiger partial charge in [0.1, 0.15) is 12.4 Å². The first-order valence-corrected chi connectivity index (χ1v) is 10.5. The average Bonchev–Trinajstić information content (AvgIpc) is 2.73. The van der Waals surface area contributed by atoms with Gasteiger partial charge in [-0.05, 0) is 61.7 Å². The van der Waals surface area contributed by atoms with E-state index < -0.39 is 6.10 Å². The molecule has 0 bridgehead atoms. The molecule has 1 atom stereocenters. The molecule has 0 aromatic heterocycles. The number of carbonyl (C=O) groups excluding carboxylic acids is 1. The second kappa shape index (κ2) is 10.6. The molecule has 5 nitrogen and oxygen atoms in total. The molecule has 1 fully saturated rings. The van der Waals surface area contributed by atoms with E-state index in [0.717, 1.165) is 37.4 Å². The van der Waals surface area contributed by atoms with E-state index in [4.69, 9.17) is 16.3 Å². The Bertz CT molecular complexity index is 789. The van der Waals surface area contributed by atoms with Gasteiger partial charge in [0, 0.05) is 18.1 Å². The molecule has 2 aromatic carbocycles. The molecule has 0 radical (unpaired) electrons. The zero-order chi connectivity index (χ0) is 20.6. The Kier molecular flexibility index (Phi) is 7.92. The second-order valence-corrected chi connectivity index (χ2v) is 8.19. The summed E-state index contributed by atoms with van der Waals surface area (Å²) in [6.07, 6.45) is 1.74. The second-order valence-electron chi connectivity index (χ2n) is 7.76. The van der Waals surface area contributed by atoms with Gasteiger partial charge in [-0.1, -0.05) is 42.8 Å². The third-order valence-electron chi connectivity index (χ3n) is 5.28. The third kappa shape index (κ3) is 6.74. The highest BCUT2D eigenvalue weighted by molar-refractivity contribution is 6.30. The van der Waals surface area contributed by atoms with Crippen LogP contribution in [0.3, 0.4) is 0 Å². The highest BCUT2D eigenvalue weighted by Gasteiger charge is 2.19. The molecule has 1 aliphatic rings. The summed E-state index contributed by atoms with van der Waals surface area (Å²) in [5.74, 6) is 1.02. The number of hydrogen-bond acceptors (Lipinski definition) is 4. The van der Waals surface area contributed by atoms with Crippen LogP contribution in [0.2, 0.25) is 5.02 Å². The molecular weight excluding hydrogens is 388 g/mol. The highest BCUT2D eigenvalue weighted by Crippen LogP contribution is 2.20. The number of rotatable bonds is 8. The molecule has 156 valence electrons. The number of halogens is 1. The van der Waals surface area contributed by atoms with Crippen LogP contribution in [-0.4, -0.2) is 48.2 Å². The monoisotopic (exact) mass is 416 g/mol. The van der Waals surface area contributed by atoms with E-state index in [0.29, 0.717) is 29.5 Å². The van der Waals surface area contributed by atoms with Gasteiger partial charge in [-0.15, -0.1) is 0 Å². The van der Waals surface area contributed by atoms with Crippen molar-refractivity contribution in [3.8, 4) is 5.75 Å². The van der Waals surface area contributed by atoms with Crippen molar-refractivity contribution in [3.05, 3.63) is 64.7 Å². The van der Waals surface area contributed by atoms with Gasteiger partial charge in [0.2, 0.25) is 0 Å². The number of hydrogen-bond donors (Lipinski definition) is 2. The van der Waals surface area contributed by atoms with Crippen molar-refractivity contribution in [2.24, 2.45) is 5.92 Å². The Hall–Kier alpha value is -2.08. The number of amides is 1. The Morgan fingerprint density at radius 1 is 1.21 bits per heavy atom. The van der Waals surface area contributed by atoms with E-state index in [2.05, 4.69) is 17.1 Å². The van der Waals surface area contributed by atoms with Crippen molar-refractivity contribution in [1.82, 2.24) is 10.2 Å². The number of aliphatic hydroxyl groups excluding tert-OH is 1. The molecule has 0 saturated carbocycles. The molecular formula is C23H29ClN2O3. The first-order valence-electron chi connectivity index (χ1n) is 10.2. The van der Waals surface area contributed by atoms with Crippen LogP contribution in [0.25, 0.3) is 0 Å². The molecule has 2 N–H and O–H groups in total. The lowest BCUT2D eigenvalue weighted by Gasteiger charge is -2.31. The number of β-amino-alcohol motifs (C(OH)–C–C–N with tert-alkyl or cyclic N) is 1. The maximum Gasteiger partial charge on any atom is 0.255 e. The summed E-state index contributed by atoms with van der Waals surface area (Å²) in [4.78, 5) is 14.9. The summed E-state index contributed by atoms with van der Waals surface area (Å²) in [7, 11) is 0. The number of para-hydroxylation sites is 1. The molecule has 1 amide bonds. The lowest BCUT2D eigenvalue weighted by molar-refractivity contribution is 0.0793. The van der Waals surface area contributed by atoms with Crippen molar-refractivity contribution < 1.29 is 14.6 Å². The zero-order valence-corrected chi connectivity index (χ0v) is 17.6. The molecule has 1 unspecified atom stereocenters. The van der Waals surface area contributed by atoms with Crippen LogP contribution in [0.1, 0.15) is 35.7 Å². The topological polar surface area (TPSA) is 61.8 Å². The average molecular weight is 417 g/mol. The van der Waals surface area contributed by atoms with Gasteiger partial charge in [-0.2, -0.15) is 0 Å². The number of ether oxygens (including phenoxy) is 1. The number of nitrogens with zero attached hydrogens (tertiary/aromatic N) is 1. The Balaban J connectivity index is 1.50. The third-order valence-corrected chi connectivity index (χ3v) is 5.53. The van der Waals surface area contributed by atoms with Crippen molar-refractivity contribution in [2.75, 3.05) is 26.2 Å². The van der Waals surface area contributed by atoms with Gasteiger partial charge in [0.15, 0.2) is 0 Å². The fraction of sp³-hybridized carbons (Fsp3) is 0.435. The van der Waals surface area contributed by atoms with Crippen molar-refractivity contribution in [3.63, 3.8) is 0 Å². The van der Waals surface area contributed by atoms with Crippen molar-refractivity contribution in [2.45, 2.75) is 32.5 Å². The summed E-state index contributed by atoms with van der Waals surface area (Å²) < 4.78 is 5.85. The van der Waals surface area contributed by atoms with Crippen LogP contribution in [-0.2, 0) is 6.61 Å². The zero-order valence-electron chi connectivity index (χ0n) is 16.8. The summed E-state index contributed by atoms with van der Waals surface area (Å²) in [6.45, 7) is 5.43. The summed E-state index contributed by atoms with van der Waals surface area (Å²) in [6, 6.07) is 14.5. The molecule has 6 heteroatoms. The Morgan fingerprint density at radius 2 is 1.90 bits per heavy atom. The summed E-state index contributed by atoms with van der Waals surface area (Å²) >= 11 is 5.91. The standard InChI is InChI=1S/C23H29ClN2O3/c1-17-10-12-26(13-11-17)15-20(27)14-25-23(28)21-4-2-3-5-22(21)29-16-18-6-8-19(24)9-7-18/h2-9,17,20,27H,10-16H2,1H3,(H,25,28). The molecule has 0 aliphatic carbocycles. The van der Waals surface area contributed by atoms with E-state index in [1.54, 1.807) is 18.2 Å². The number of nitrogens with one attached hydrogen (secondary N) is 1. The lowest BCUT2D eigenvalue weighted by Crippen LogP contribution is -2.43. The fourth-order valence-corrected chi connectivity index (χ4v) is 3.56. The number of aliphatic hydroxyl groups is 1. The van der Waals surface area contributed by atoms with E-state index in [9.17, 15) is 9.90 Å². The number of likely N-dealkylation sites (tertiary alicyclic amines) is 1. The molecule has 1 heterocycles. The predicted octanol–water partition coefficient (Wildman–Crippen LogP) is 3.74. The van der Waals surface area contributed by atoms with Gasteiger partial charge >= 0.3 is 0 Å². The SMILES string of the molecule is CC1CCN(CC(O)CNC(=O)c2ccccc2OCc2ccc(Cl)cc2)CC1.